The average Bonchev–Trinajstić information content (AvgIpc) is 3.59. The maximum atomic E-state index is 14.8. The summed E-state index contributed by atoms with van der Waals surface area (Å²) >= 11 is 0. The molecule has 0 saturated carbocycles. The van der Waals surface area contributed by atoms with Crippen LogP contribution >= 0.6 is 0 Å². The van der Waals surface area contributed by atoms with Crippen LogP contribution in [0, 0.1) is 18.8 Å². The zero-order valence-corrected chi connectivity index (χ0v) is 31.3. The lowest BCUT2D eigenvalue weighted by Crippen LogP contribution is -2.34. The summed E-state index contributed by atoms with van der Waals surface area (Å²) in [6, 6.07) is 27.4. The largest absolute Gasteiger partial charge is 0.396 e. The monoisotopic (exact) mass is 727 g/mol. The van der Waals surface area contributed by atoms with Crippen molar-refractivity contribution in [2.45, 2.75) is 65.8 Å². The molecule has 2 heterocycles. The molecule has 54 heavy (non-hydrogen) atoms. The minimum absolute atomic E-state index is 0.0311. The van der Waals surface area contributed by atoms with E-state index in [0.717, 1.165) is 42.4 Å². The number of benzene rings is 3. The molecule has 2 aromatic heterocycles. The van der Waals surface area contributed by atoms with Gasteiger partial charge in [-0.25, -0.2) is 4.68 Å². The van der Waals surface area contributed by atoms with E-state index in [4.69, 9.17) is 5.10 Å². The topological polar surface area (TPSA) is 127 Å². The first kappa shape index (κ1) is 38.1. The number of rotatable bonds is 15. The number of hydrogen-bond acceptors (Lipinski definition) is 6. The Morgan fingerprint density at radius 2 is 1.54 bits per heavy atom. The first-order valence-electron chi connectivity index (χ1n) is 19.0. The van der Waals surface area contributed by atoms with Gasteiger partial charge in [0, 0.05) is 48.8 Å². The van der Waals surface area contributed by atoms with E-state index in [1.807, 2.05) is 66.4 Å². The Labute approximate surface area is 316 Å². The average molecular weight is 728 g/mol. The highest BCUT2D eigenvalue weighted by atomic mass is 16.3. The van der Waals surface area contributed by atoms with Gasteiger partial charge in [0.2, 0.25) is 0 Å². The Kier molecular flexibility index (Phi) is 12.3. The number of aromatic nitrogens is 3. The fourth-order valence-electron chi connectivity index (χ4n) is 7.29. The third kappa shape index (κ3) is 8.44. The smallest absolute Gasteiger partial charge is 0.274 e. The van der Waals surface area contributed by atoms with E-state index < -0.39 is 17.4 Å². The van der Waals surface area contributed by atoms with Crippen LogP contribution in [-0.4, -0.2) is 61.6 Å². The maximum absolute atomic E-state index is 14.8. The summed E-state index contributed by atoms with van der Waals surface area (Å²) in [5.74, 6) is -1.80. The molecule has 1 unspecified atom stereocenters. The fraction of sp³-hybridized carbons (Fsp3) is 0.341. The van der Waals surface area contributed by atoms with Gasteiger partial charge in [-0.3, -0.25) is 19.2 Å². The molecular formula is C44H49N5O5. The first-order valence-corrected chi connectivity index (χ1v) is 19.0. The molecule has 10 nitrogen and oxygen atoms in total. The van der Waals surface area contributed by atoms with Crippen molar-refractivity contribution in [2.24, 2.45) is 11.8 Å². The second kappa shape index (κ2) is 17.5. The predicted molar refractivity (Wildman–Crippen MR) is 210 cm³/mol. The number of carbonyl (C=O) groups is 3. The highest BCUT2D eigenvalue weighted by molar-refractivity contribution is 6.06. The molecule has 10 heteroatoms. The molecule has 5 aromatic rings. The van der Waals surface area contributed by atoms with Gasteiger partial charge in [-0.15, -0.1) is 0 Å². The van der Waals surface area contributed by atoms with Gasteiger partial charge in [0.05, 0.1) is 12.2 Å². The number of pyridine rings is 1. The van der Waals surface area contributed by atoms with Crippen molar-refractivity contribution in [3.63, 3.8) is 0 Å². The van der Waals surface area contributed by atoms with Crippen LogP contribution in [-0.2, 0) is 19.4 Å². The summed E-state index contributed by atoms with van der Waals surface area (Å²) in [6.45, 7) is 7.48. The standard InChI is InChI=1S/C44H49N5O5/c1-4-6-21-47(22-7-5-2)44(54)39-24-30(3)49(46-39)40-20-19-35(27-38(40)41(51)37-26-33-17-12-11-16-32(33)25-34(37)29-50)45-42(52)36-18-13-23-48(43(36)53)28-31-14-9-8-10-15-31/h8-20,23-24,27,34,37,50H,4-7,21-22,25-26,28-29H2,1-3H3,(H,45,52)/t34-,37?/m0/s1. The molecule has 1 aliphatic carbocycles. The molecule has 0 aliphatic heterocycles. The second-order valence-electron chi connectivity index (χ2n) is 14.2. The maximum Gasteiger partial charge on any atom is 0.274 e. The molecule has 6 rings (SSSR count). The summed E-state index contributed by atoms with van der Waals surface area (Å²) in [4.78, 5) is 57.5. The number of nitrogens with one attached hydrogen (secondary N) is 1. The number of fused-ring (bicyclic) bond motifs is 1. The zero-order chi connectivity index (χ0) is 38.2. The van der Waals surface area contributed by atoms with Crippen molar-refractivity contribution in [2.75, 3.05) is 25.0 Å². The third-order valence-electron chi connectivity index (χ3n) is 10.3. The van der Waals surface area contributed by atoms with Crippen LogP contribution in [0.25, 0.3) is 5.69 Å². The van der Waals surface area contributed by atoms with E-state index >= 15 is 0 Å². The number of aliphatic hydroxyl groups excluding tert-OH is 1. The molecule has 2 atom stereocenters. The number of unbranched alkanes of at least 4 members (excludes halogenated alkanes) is 2. The number of carbonyl (C=O) groups excluding carboxylic acids is 3. The van der Waals surface area contributed by atoms with Crippen LogP contribution in [0.15, 0.2) is 102 Å². The lowest BCUT2D eigenvalue weighted by atomic mass is 9.73. The first-order chi connectivity index (χ1) is 26.2. The van der Waals surface area contributed by atoms with Crippen molar-refractivity contribution in [3.8, 4) is 5.69 Å². The molecule has 3 aromatic carbocycles. The van der Waals surface area contributed by atoms with Crippen molar-refractivity contribution in [1.82, 2.24) is 19.2 Å². The van der Waals surface area contributed by atoms with Crippen molar-refractivity contribution in [1.29, 1.82) is 0 Å². The van der Waals surface area contributed by atoms with E-state index in [9.17, 15) is 24.3 Å². The number of aryl methyl sites for hydroxylation is 1. The Hall–Kier alpha value is -5.61. The van der Waals surface area contributed by atoms with Gasteiger partial charge in [0.25, 0.3) is 17.4 Å². The highest BCUT2D eigenvalue weighted by Crippen LogP contribution is 2.35. The van der Waals surface area contributed by atoms with Crippen LogP contribution in [0.2, 0.25) is 0 Å². The summed E-state index contributed by atoms with van der Waals surface area (Å²) in [7, 11) is 0. The van der Waals surface area contributed by atoms with Gasteiger partial charge in [-0.1, -0.05) is 81.3 Å². The Morgan fingerprint density at radius 3 is 2.22 bits per heavy atom. The van der Waals surface area contributed by atoms with Crippen LogP contribution < -0.4 is 10.9 Å². The molecule has 2 N–H and O–H groups in total. The van der Waals surface area contributed by atoms with Gasteiger partial charge in [-0.05, 0) is 91.6 Å². The summed E-state index contributed by atoms with van der Waals surface area (Å²) < 4.78 is 3.11. The van der Waals surface area contributed by atoms with Crippen molar-refractivity contribution >= 4 is 23.3 Å². The summed E-state index contributed by atoms with van der Waals surface area (Å²) in [6.07, 6.45) is 6.37. The molecule has 1 aliphatic rings. The number of ketones is 1. The van der Waals surface area contributed by atoms with Gasteiger partial charge in [0.15, 0.2) is 11.5 Å². The van der Waals surface area contributed by atoms with Crippen molar-refractivity contribution in [3.05, 3.63) is 147 Å². The van der Waals surface area contributed by atoms with E-state index in [1.165, 1.54) is 10.6 Å². The van der Waals surface area contributed by atoms with Gasteiger partial charge in [-0.2, -0.15) is 5.10 Å². The number of amides is 2. The number of anilines is 1. The fourth-order valence-corrected chi connectivity index (χ4v) is 7.29. The molecule has 0 saturated heterocycles. The predicted octanol–water partition coefficient (Wildman–Crippen LogP) is 6.89. The molecule has 0 radical (unpaired) electrons. The summed E-state index contributed by atoms with van der Waals surface area (Å²) in [5, 5.41) is 18.1. The molecule has 280 valence electrons. The summed E-state index contributed by atoms with van der Waals surface area (Å²) in [5.41, 5.74) is 4.69. The molecular weight excluding hydrogens is 679 g/mol. The van der Waals surface area contributed by atoms with Gasteiger partial charge >= 0.3 is 0 Å². The zero-order valence-electron chi connectivity index (χ0n) is 31.3. The SMILES string of the molecule is CCCCN(CCCC)C(=O)c1cc(C)n(-c2ccc(NC(=O)c3cccn(Cc4ccccc4)c3=O)cc2C(=O)C2Cc3ccccc3C[C@H]2CO)n1. The Balaban J connectivity index is 1.36. The van der Waals surface area contributed by atoms with Crippen LogP contribution in [0.4, 0.5) is 5.69 Å². The van der Waals surface area contributed by atoms with Crippen LogP contribution in [0.1, 0.15) is 93.1 Å². The second-order valence-corrected chi connectivity index (χ2v) is 14.2. The minimum atomic E-state index is -0.601. The number of hydrogen-bond donors (Lipinski definition) is 2. The van der Waals surface area contributed by atoms with E-state index in [2.05, 4.69) is 19.2 Å². The quantitative estimate of drug-likeness (QED) is 0.113. The van der Waals surface area contributed by atoms with Crippen LogP contribution in [0.3, 0.4) is 0 Å². The lowest BCUT2D eigenvalue weighted by Gasteiger charge is -2.31. The van der Waals surface area contributed by atoms with Gasteiger partial charge < -0.3 is 19.9 Å². The Bertz CT molecular complexity index is 2160. The molecule has 2 amide bonds. The van der Waals surface area contributed by atoms with E-state index in [0.29, 0.717) is 60.8 Å². The number of Topliss-reactive ketones (excluding diaryl/α,β-unsaturated/α-hetero) is 1. The molecule has 0 fully saturated rings. The van der Waals surface area contributed by atoms with Crippen molar-refractivity contribution < 1.29 is 19.5 Å². The minimum Gasteiger partial charge on any atom is -0.396 e. The molecule has 0 spiro atoms. The highest BCUT2D eigenvalue weighted by Gasteiger charge is 2.35. The van der Waals surface area contributed by atoms with Gasteiger partial charge in [0.1, 0.15) is 5.56 Å². The van der Waals surface area contributed by atoms with E-state index in [1.54, 1.807) is 41.2 Å². The van der Waals surface area contributed by atoms with E-state index in [-0.39, 0.29) is 29.8 Å². The lowest BCUT2D eigenvalue weighted by molar-refractivity contribution is 0.0744. The van der Waals surface area contributed by atoms with Crippen LogP contribution in [0.5, 0.6) is 0 Å². The Morgan fingerprint density at radius 1 is 0.852 bits per heavy atom. The molecule has 0 bridgehead atoms. The normalized spacial score (nSPS) is 15.0. The number of aliphatic hydroxyl groups is 1. The third-order valence-corrected chi connectivity index (χ3v) is 10.3. The number of nitrogens with zero attached hydrogens (tertiary/aromatic N) is 4.